The van der Waals surface area contributed by atoms with Gasteiger partial charge in [0.15, 0.2) is 8.32 Å². The van der Waals surface area contributed by atoms with E-state index in [1.165, 1.54) is 0 Å². The van der Waals surface area contributed by atoms with Crippen LogP contribution >= 0.6 is 0 Å². The van der Waals surface area contributed by atoms with Crippen LogP contribution in [0, 0.1) is 0 Å². The molecule has 21 heavy (non-hydrogen) atoms. The van der Waals surface area contributed by atoms with Gasteiger partial charge in [0.1, 0.15) is 6.79 Å². The molecule has 1 rings (SSSR count). The molecule has 0 aromatic rings. The van der Waals surface area contributed by atoms with Gasteiger partial charge >= 0.3 is 0 Å². The minimum absolute atomic E-state index is 0.0191. The van der Waals surface area contributed by atoms with Crippen LogP contribution in [0.25, 0.3) is 0 Å². The van der Waals surface area contributed by atoms with Gasteiger partial charge in [0.25, 0.3) is 0 Å². The fourth-order valence-electron chi connectivity index (χ4n) is 2.12. The van der Waals surface area contributed by atoms with Gasteiger partial charge in [-0.2, -0.15) is 0 Å². The van der Waals surface area contributed by atoms with Crippen molar-refractivity contribution in [2.45, 2.75) is 70.3 Å². The largest absolute Gasteiger partial charge is 0.417 e. The average molecular weight is 318 g/mol. The molecule has 1 aliphatic heterocycles. The van der Waals surface area contributed by atoms with Crippen LogP contribution in [-0.4, -0.2) is 46.9 Å². The van der Waals surface area contributed by atoms with Crippen molar-refractivity contribution in [3.8, 4) is 0 Å². The molecule has 0 radical (unpaired) electrons. The summed E-state index contributed by atoms with van der Waals surface area (Å²) >= 11 is 0. The lowest BCUT2D eigenvalue weighted by Gasteiger charge is -2.37. The summed E-state index contributed by atoms with van der Waals surface area (Å²) in [5.74, 6) is 0.101. The maximum Gasteiger partial charge on any atom is 0.220 e. The third-order valence-corrected chi connectivity index (χ3v) is 9.09. The molecule has 0 saturated carbocycles. The Labute approximate surface area is 129 Å². The molecule has 0 aromatic carbocycles. The second-order valence-electron chi connectivity index (χ2n) is 7.22. The first kappa shape index (κ1) is 18.6. The Morgan fingerprint density at radius 3 is 2.57 bits per heavy atom. The number of methoxy groups -OCH3 is 1. The summed E-state index contributed by atoms with van der Waals surface area (Å²) in [6, 6.07) is 0.0196. The van der Waals surface area contributed by atoms with Crippen LogP contribution in [0.1, 0.15) is 40.0 Å². The predicted molar refractivity (Wildman–Crippen MR) is 85.7 cm³/mol. The van der Waals surface area contributed by atoms with E-state index < -0.39 is 8.32 Å². The normalized spacial score (nSPS) is 24.0. The first-order valence-electron chi connectivity index (χ1n) is 7.71. The Kier molecular flexibility index (Phi) is 6.84. The van der Waals surface area contributed by atoms with E-state index in [0.29, 0.717) is 13.0 Å². The van der Waals surface area contributed by atoms with Crippen molar-refractivity contribution in [1.29, 1.82) is 0 Å². The number of nitrogens with one attached hydrogen (secondary N) is 1. The van der Waals surface area contributed by atoms with E-state index >= 15 is 0 Å². The van der Waals surface area contributed by atoms with Crippen LogP contribution in [0.2, 0.25) is 18.1 Å². The summed E-state index contributed by atoms with van der Waals surface area (Å²) in [7, 11) is -0.124. The predicted octanol–water partition coefficient (Wildman–Crippen LogP) is 2.67. The van der Waals surface area contributed by atoms with E-state index in [1.54, 1.807) is 7.11 Å². The molecular weight excluding hydrogens is 286 g/mol. The van der Waals surface area contributed by atoms with Crippen LogP contribution in [0.4, 0.5) is 0 Å². The van der Waals surface area contributed by atoms with Crippen molar-refractivity contribution in [3.63, 3.8) is 0 Å². The van der Waals surface area contributed by atoms with Gasteiger partial charge < -0.3 is 19.2 Å². The third-order valence-electron chi connectivity index (χ3n) is 4.55. The van der Waals surface area contributed by atoms with Gasteiger partial charge in [0.2, 0.25) is 5.91 Å². The lowest BCUT2D eigenvalue weighted by atomic mass is 9.98. The molecule has 0 unspecified atom stereocenters. The van der Waals surface area contributed by atoms with Gasteiger partial charge in [0.05, 0.1) is 12.1 Å². The molecule has 1 aliphatic rings. The summed E-state index contributed by atoms with van der Waals surface area (Å²) in [6.45, 7) is 12.1. The van der Waals surface area contributed by atoms with Crippen LogP contribution < -0.4 is 5.32 Å². The van der Waals surface area contributed by atoms with E-state index in [2.05, 4.69) is 39.2 Å². The lowest BCUT2D eigenvalue weighted by molar-refractivity contribution is -0.133. The quantitative estimate of drug-likeness (QED) is 0.579. The van der Waals surface area contributed by atoms with Crippen molar-refractivity contribution < 1.29 is 18.7 Å². The van der Waals surface area contributed by atoms with Crippen LogP contribution in [-0.2, 0) is 18.7 Å². The van der Waals surface area contributed by atoms with Crippen LogP contribution in [0.3, 0.4) is 0 Å². The number of hydrogen-bond acceptors (Lipinski definition) is 4. The van der Waals surface area contributed by atoms with Gasteiger partial charge in [-0.1, -0.05) is 20.8 Å². The maximum atomic E-state index is 11.6. The smallest absolute Gasteiger partial charge is 0.220 e. The molecule has 6 heteroatoms. The Bertz CT molecular complexity index is 341. The number of amides is 1. The van der Waals surface area contributed by atoms with Crippen LogP contribution in [0.15, 0.2) is 0 Å². The van der Waals surface area contributed by atoms with Gasteiger partial charge in [-0.3, -0.25) is 4.79 Å². The highest BCUT2D eigenvalue weighted by molar-refractivity contribution is 6.74. The standard InChI is InChI=1S/C15H31NO4Si/c1-15(2,3)21(5,6)20-10-9-12-13(19-11-18-4)7-8-14(17)16-12/h12-13H,7-11H2,1-6H3,(H,16,17)/t12-,13+/m1/s1. The average Bonchev–Trinajstić information content (AvgIpc) is 2.36. The lowest BCUT2D eigenvalue weighted by Crippen LogP contribution is -2.50. The first-order valence-corrected chi connectivity index (χ1v) is 10.6. The monoisotopic (exact) mass is 317 g/mol. The highest BCUT2D eigenvalue weighted by atomic mass is 28.4. The molecule has 1 fully saturated rings. The maximum absolute atomic E-state index is 11.6. The number of rotatable bonds is 7. The zero-order valence-electron chi connectivity index (χ0n) is 14.3. The fraction of sp³-hybridized carbons (Fsp3) is 0.933. The molecule has 0 spiro atoms. The molecule has 2 atom stereocenters. The highest BCUT2D eigenvalue weighted by Gasteiger charge is 2.37. The Balaban J connectivity index is 2.48. The molecule has 1 heterocycles. The number of carbonyl (C=O) groups excluding carboxylic acids is 1. The molecule has 0 bridgehead atoms. The van der Waals surface area contributed by atoms with Gasteiger partial charge in [-0.25, -0.2) is 0 Å². The molecule has 1 saturated heterocycles. The minimum Gasteiger partial charge on any atom is -0.417 e. The summed E-state index contributed by atoms with van der Waals surface area (Å²) in [5, 5.41) is 3.22. The van der Waals surface area contributed by atoms with E-state index in [4.69, 9.17) is 13.9 Å². The summed E-state index contributed by atoms with van der Waals surface area (Å²) < 4.78 is 16.8. The van der Waals surface area contributed by atoms with Gasteiger partial charge in [0, 0.05) is 20.1 Å². The fourth-order valence-corrected chi connectivity index (χ4v) is 3.18. The SMILES string of the molecule is COCO[C@H]1CCC(=O)N[C@@H]1CCO[Si](C)(C)C(C)(C)C. The summed E-state index contributed by atoms with van der Waals surface area (Å²) in [6.07, 6.45) is 2.08. The number of carbonyl (C=O) groups is 1. The molecule has 0 aliphatic carbocycles. The van der Waals surface area contributed by atoms with E-state index in [9.17, 15) is 4.79 Å². The molecule has 0 aromatic heterocycles. The third kappa shape index (κ3) is 5.69. The first-order chi connectivity index (χ1) is 9.67. The van der Waals surface area contributed by atoms with E-state index in [0.717, 1.165) is 12.8 Å². The van der Waals surface area contributed by atoms with Crippen molar-refractivity contribution in [1.82, 2.24) is 5.32 Å². The van der Waals surface area contributed by atoms with Crippen molar-refractivity contribution >= 4 is 14.2 Å². The zero-order chi connectivity index (χ0) is 16.1. The van der Waals surface area contributed by atoms with Gasteiger partial charge in [-0.05, 0) is 31.0 Å². The molecule has 124 valence electrons. The summed E-state index contributed by atoms with van der Waals surface area (Å²) in [4.78, 5) is 11.6. The molecule has 1 N–H and O–H groups in total. The number of hydrogen-bond donors (Lipinski definition) is 1. The highest BCUT2D eigenvalue weighted by Crippen LogP contribution is 2.36. The molecule has 1 amide bonds. The van der Waals surface area contributed by atoms with Crippen molar-refractivity contribution in [2.24, 2.45) is 0 Å². The zero-order valence-corrected chi connectivity index (χ0v) is 15.3. The minimum atomic E-state index is -1.73. The van der Waals surface area contributed by atoms with Crippen LogP contribution in [0.5, 0.6) is 0 Å². The van der Waals surface area contributed by atoms with E-state index in [1.807, 2.05) is 0 Å². The molecular formula is C15H31NO4Si. The second kappa shape index (κ2) is 7.72. The van der Waals surface area contributed by atoms with Gasteiger partial charge in [-0.15, -0.1) is 0 Å². The van der Waals surface area contributed by atoms with Crippen molar-refractivity contribution in [3.05, 3.63) is 0 Å². The van der Waals surface area contributed by atoms with Crippen molar-refractivity contribution in [2.75, 3.05) is 20.5 Å². The Morgan fingerprint density at radius 1 is 1.33 bits per heavy atom. The van der Waals surface area contributed by atoms with E-state index in [-0.39, 0.29) is 29.9 Å². The number of piperidine rings is 1. The second-order valence-corrected chi connectivity index (χ2v) is 12.0. The Hall–Kier alpha value is -0.433. The Morgan fingerprint density at radius 2 is 2.00 bits per heavy atom. The topological polar surface area (TPSA) is 56.8 Å². The summed E-state index contributed by atoms with van der Waals surface area (Å²) in [5.41, 5.74) is 0. The number of ether oxygens (including phenoxy) is 2. The molecule has 5 nitrogen and oxygen atoms in total.